The minimum absolute atomic E-state index is 0.365. The maximum atomic E-state index is 11.6. The fraction of sp³-hybridized carbons (Fsp3) is 0.0800. The van der Waals surface area contributed by atoms with E-state index < -0.39 is 0 Å². The first-order chi connectivity index (χ1) is 15.4. The number of nitrogens with zero attached hydrogens (tertiary/aromatic N) is 1. The number of thiazole rings is 1. The van der Waals surface area contributed by atoms with Gasteiger partial charge in [-0.15, -0.1) is 11.3 Å². The van der Waals surface area contributed by atoms with Gasteiger partial charge in [-0.3, -0.25) is 0 Å². The van der Waals surface area contributed by atoms with E-state index in [1.165, 1.54) is 16.3 Å². The molecule has 0 atom stereocenters. The van der Waals surface area contributed by atoms with E-state index in [0.717, 1.165) is 38.4 Å². The smallest absolute Gasteiger partial charge is 0.336 e. The van der Waals surface area contributed by atoms with Crippen molar-refractivity contribution in [2.45, 2.75) is 13.8 Å². The number of thiocarbonyl (C=S) groups is 1. The highest BCUT2D eigenvalue weighted by molar-refractivity contribution is 7.80. The fourth-order valence-corrected chi connectivity index (χ4v) is 4.85. The molecular weight excluding hydrogens is 438 g/mol. The Morgan fingerprint density at radius 2 is 1.69 bits per heavy atom. The molecule has 0 fully saturated rings. The number of hydrogen-bond acceptors (Lipinski definition) is 5. The number of nitrogens with one attached hydrogen (secondary N) is 2. The fourth-order valence-electron chi connectivity index (χ4n) is 3.55. The van der Waals surface area contributed by atoms with E-state index in [4.69, 9.17) is 21.6 Å². The average Bonchev–Trinajstić information content (AvgIpc) is 3.17. The Bertz CT molecular complexity index is 1540. The van der Waals surface area contributed by atoms with E-state index >= 15 is 0 Å². The molecule has 0 bridgehead atoms. The van der Waals surface area contributed by atoms with Crippen LogP contribution in [0.1, 0.15) is 11.1 Å². The largest absolute Gasteiger partial charge is 0.423 e. The molecule has 0 aliphatic rings. The van der Waals surface area contributed by atoms with Gasteiger partial charge in [0.1, 0.15) is 10.6 Å². The van der Waals surface area contributed by atoms with Gasteiger partial charge in [-0.2, -0.15) is 0 Å². The Morgan fingerprint density at radius 1 is 0.938 bits per heavy atom. The minimum Gasteiger partial charge on any atom is -0.423 e. The second kappa shape index (κ2) is 8.18. The van der Waals surface area contributed by atoms with Crippen LogP contribution >= 0.6 is 23.6 Å². The van der Waals surface area contributed by atoms with Crippen molar-refractivity contribution >= 4 is 61.2 Å². The SMILES string of the molecule is Cc1ccc2nc(-c3ccc(NC(=S)Nc4ccc5c(C)cc(=O)oc5c4)cc3)sc2c1. The minimum atomic E-state index is -0.365. The van der Waals surface area contributed by atoms with Crippen molar-refractivity contribution < 1.29 is 4.42 Å². The zero-order valence-corrected chi connectivity index (χ0v) is 19.1. The molecule has 3 aromatic carbocycles. The summed E-state index contributed by atoms with van der Waals surface area (Å²) in [4.78, 5) is 16.4. The number of fused-ring (bicyclic) bond motifs is 2. The Balaban J connectivity index is 1.30. The Labute approximate surface area is 193 Å². The first kappa shape index (κ1) is 20.4. The monoisotopic (exact) mass is 457 g/mol. The molecular formula is C25H19N3O2S2. The van der Waals surface area contributed by atoms with Crippen LogP contribution < -0.4 is 16.3 Å². The first-order valence-electron chi connectivity index (χ1n) is 10.0. The Morgan fingerprint density at radius 3 is 2.50 bits per heavy atom. The summed E-state index contributed by atoms with van der Waals surface area (Å²) in [5.74, 6) is 0. The van der Waals surface area contributed by atoms with E-state index in [9.17, 15) is 4.79 Å². The van der Waals surface area contributed by atoms with Gasteiger partial charge < -0.3 is 15.1 Å². The topological polar surface area (TPSA) is 67.2 Å². The molecule has 2 N–H and O–H groups in total. The maximum absolute atomic E-state index is 11.6. The molecule has 5 aromatic rings. The van der Waals surface area contributed by atoms with Gasteiger partial charge in [0.05, 0.1) is 10.2 Å². The number of hydrogen-bond donors (Lipinski definition) is 2. The third kappa shape index (κ3) is 4.12. The lowest BCUT2D eigenvalue weighted by Crippen LogP contribution is -2.19. The zero-order chi connectivity index (χ0) is 22.2. The van der Waals surface area contributed by atoms with Crippen molar-refractivity contribution in [3.8, 4) is 10.6 Å². The second-order valence-electron chi connectivity index (χ2n) is 7.61. The van der Waals surface area contributed by atoms with Crippen LogP contribution in [-0.4, -0.2) is 10.1 Å². The molecule has 0 aliphatic heterocycles. The van der Waals surface area contributed by atoms with Gasteiger partial charge in [0.25, 0.3) is 0 Å². The average molecular weight is 458 g/mol. The molecule has 0 radical (unpaired) electrons. The quantitative estimate of drug-likeness (QED) is 0.238. The summed E-state index contributed by atoms with van der Waals surface area (Å²) in [5, 5.41) is 8.66. The molecule has 0 spiro atoms. The van der Waals surface area contributed by atoms with Crippen molar-refractivity contribution in [2.24, 2.45) is 0 Å². The lowest BCUT2D eigenvalue weighted by molar-refractivity contribution is 0.560. The van der Waals surface area contributed by atoms with Crippen LogP contribution in [-0.2, 0) is 0 Å². The molecule has 0 saturated heterocycles. The molecule has 0 aliphatic carbocycles. The van der Waals surface area contributed by atoms with Gasteiger partial charge in [0.15, 0.2) is 5.11 Å². The predicted octanol–water partition coefficient (Wildman–Crippen LogP) is 6.50. The van der Waals surface area contributed by atoms with Gasteiger partial charge in [-0.1, -0.05) is 6.07 Å². The molecule has 2 aromatic heterocycles. The maximum Gasteiger partial charge on any atom is 0.336 e. The molecule has 5 rings (SSSR count). The summed E-state index contributed by atoms with van der Waals surface area (Å²) in [6.07, 6.45) is 0. The van der Waals surface area contributed by atoms with Crippen LogP contribution in [0, 0.1) is 13.8 Å². The highest BCUT2D eigenvalue weighted by Crippen LogP contribution is 2.31. The third-order valence-electron chi connectivity index (χ3n) is 5.14. The van der Waals surface area contributed by atoms with Crippen molar-refractivity contribution in [2.75, 3.05) is 10.6 Å². The van der Waals surface area contributed by atoms with Crippen molar-refractivity contribution in [3.63, 3.8) is 0 Å². The van der Waals surface area contributed by atoms with E-state index in [-0.39, 0.29) is 5.63 Å². The van der Waals surface area contributed by atoms with E-state index in [2.05, 4.69) is 35.8 Å². The molecule has 0 unspecified atom stereocenters. The summed E-state index contributed by atoms with van der Waals surface area (Å²) in [6.45, 7) is 3.97. The molecule has 0 saturated carbocycles. The van der Waals surface area contributed by atoms with Gasteiger partial charge in [0, 0.05) is 34.5 Å². The zero-order valence-electron chi connectivity index (χ0n) is 17.4. The van der Waals surface area contributed by atoms with Gasteiger partial charge >= 0.3 is 5.63 Å². The number of rotatable bonds is 3. The third-order valence-corrected chi connectivity index (χ3v) is 6.41. The molecule has 7 heteroatoms. The molecule has 5 nitrogen and oxygen atoms in total. The molecule has 158 valence electrons. The number of anilines is 2. The van der Waals surface area contributed by atoms with Crippen molar-refractivity contribution in [3.05, 3.63) is 88.3 Å². The summed E-state index contributed by atoms with van der Waals surface area (Å²) in [7, 11) is 0. The van der Waals surface area contributed by atoms with Gasteiger partial charge in [0.2, 0.25) is 0 Å². The van der Waals surface area contributed by atoms with E-state index in [0.29, 0.717) is 10.7 Å². The number of benzene rings is 3. The summed E-state index contributed by atoms with van der Waals surface area (Å²) < 4.78 is 6.49. The molecule has 2 heterocycles. The van der Waals surface area contributed by atoms with E-state index in [1.54, 1.807) is 17.4 Å². The molecule has 0 amide bonds. The summed E-state index contributed by atoms with van der Waals surface area (Å²) in [5.41, 5.74) is 5.97. The highest BCUT2D eigenvalue weighted by Gasteiger charge is 2.08. The highest BCUT2D eigenvalue weighted by atomic mass is 32.1. The predicted molar refractivity (Wildman–Crippen MR) is 137 cm³/mol. The van der Waals surface area contributed by atoms with E-state index in [1.807, 2.05) is 43.3 Å². The Hall–Kier alpha value is -3.55. The van der Waals surface area contributed by atoms with Crippen LogP contribution in [0.2, 0.25) is 0 Å². The normalized spacial score (nSPS) is 11.1. The van der Waals surface area contributed by atoms with Crippen LogP contribution in [0.5, 0.6) is 0 Å². The summed E-state index contributed by atoms with van der Waals surface area (Å²) in [6, 6.07) is 21.4. The van der Waals surface area contributed by atoms with Gasteiger partial charge in [-0.25, -0.2) is 9.78 Å². The lowest BCUT2D eigenvalue weighted by Gasteiger charge is -2.11. The summed E-state index contributed by atoms with van der Waals surface area (Å²) >= 11 is 7.14. The van der Waals surface area contributed by atoms with Crippen molar-refractivity contribution in [1.29, 1.82) is 0 Å². The lowest BCUT2D eigenvalue weighted by atomic mass is 10.1. The van der Waals surface area contributed by atoms with Crippen LogP contribution in [0.3, 0.4) is 0 Å². The molecule has 32 heavy (non-hydrogen) atoms. The van der Waals surface area contributed by atoms with Crippen molar-refractivity contribution in [1.82, 2.24) is 4.98 Å². The van der Waals surface area contributed by atoms with Crippen LogP contribution in [0.4, 0.5) is 11.4 Å². The van der Waals surface area contributed by atoms with Crippen LogP contribution in [0.15, 0.2) is 75.9 Å². The van der Waals surface area contributed by atoms with Crippen LogP contribution in [0.25, 0.3) is 31.8 Å². The number of aromatic nitrogens is 1. The van der Waals surface area contributed by atoms with Gasteiger partial charge in [-0.05, 0) is 85.7 Å². The Kier molecular flexibility index (Phi) is 5.20. The number of aryl methyl sites for hydroxylation is 2. The standard InChI is InChI=1S/C25H19N3O2S2/c1-14-3-10-20-22(11-14)32-24(28-20)16-4-6-17(7-5-16)26-25(31)27-18-8-9-19-15(2)12-23(29)30-21(19)13-18/h3-13H,1-2H3,(H2,26,27,31). The first-order valence-corrected chi connectivity index (χ1v) is 11.3. The second-order valence-corrected chi connectivity index (χ2v) is 9.04.